The molecule has 1 amide bonds. The fraction of sp³-hybridized carbons (Fsp3) is 0.0769. The Bertz CT molecular complexity index is 1470. The molecule has 0 fully saturated rings. The molecule has 0 saturated heterocycles. The maximum Gasteiger partial charge on any atom is 0.256 e. The fourth-order valence-corrected chi connectivity index (χ4v) is 3.65. The number of fused-ring (bicyclic) bond motifs is 1. The monoisotopic (exact) mass is 448 g/mol. The first-order valence-electron chi connectivity index (χ1n) is 10.6. The zero-order chi connectivity index (χ0) is 23.5. The van der Waals surface area contributed by atoms with Crippen LogP contribution in [0.3, 0.4) is 0 Å². The van der Waals surface area contributed by atoms with Crippen molar-refractivity contribution < 1.29 is 9.53 Å². The Morgan fingerprint density at radius 1 is 1.09 bits per heavy atom. The number of carbonyl (C=O) groups is 1. The second-order valence-corrected chi connectivity index (χ2v) is 7.67. The minimum absolute atomic E-state index is 0.310. The van der Waals surface area contributed by atoms with E-state index in [-0.39, 0.29) is 5.91 Å². The Hall–Kier alpha value is -4.90. The zero-order valence-corrected chi connectivity index (χ0v) is 18.3. The minimum Gasteiger partial charge on any atom is -0.497 e. The van der Waals surface area contributed by atoms with Crippen molar-refractivity contribution >= 4 is 22.8 Å². The number of aromatic amines is 1. The van der Waals surface area contributed by atoms with Gasteiger partial charge >= 0.3 is 0 Å². The molecule has 5 rings (SSSR count). The average molecular weight is 448 g/mol. The van der Waals surface area contributed by atoms with Gasteiger partial charge in [-0.1, -0.05) is 24.3 Å². The van der Waals surface area contributed by atoms with E-state index in [9.17, 15) is 4.79 Å². The van der Waals surface area contributed by atoms with Gasteiger partial charge in [0.15, 0.2) is 11.6 Å². The molecule has 0 radical (unpaired) electrons. The van der Waals surface area contributed by atoms with Gasteiger partial charge < -0.3 is 15.0 Å². The van der Waals surface area contributed by atoms with Crippen LogP contribution in [0.25, 0.3) is 22.6 Å². The van der Waals surface area contributed by atoms with Crippen LogP contribution in [0.4, 0.5) is 5.82 Å². The van der Waals surface area contributed by atoms with Crippen molar-refractivity contribution in [2.75, 3.05) is 12.4 Å². The van der Waals surface area contributed by atoms with Crippen molar-refractivity contribution in [3.05, 3.63) is 95.6 Å². The Labute approximate surface area is 195 Å². The number of hydrogen-bond acceptors (Lipinski definition) is 5. The maximum absolute atomic E-state index is 12.8. The highest BCUT2D eigenvalue weighted by Crippen LogP contribution is 2.25. The van der Waals surface area contributed by atoms with Gasteiger partial charge in [-0.3, -0.25) is 9.48 Å². The van der Waals surface area contributed by atoms with E-state index in [0.717, 1.165) is 28.0 Å². The lowest BCUT2D eigenvalue weighted by molar-refractivity contribution is 0.102. The summed E-state index contributed by atoms with van der Waals surface area (Å²) in [5.74, 6) is 1.52. The van der Waals surface area contributed by atoms with Crippen molar-refractivity contribution in [2.45, 2.75) is 6.54 Å². The van der Waals surface area contributed by atoms with E-state index in [1.165, 1.54) is 0 Å². The van der Waals surface area contributed by atoms with Gasteiger partial charge in [0.05, 0.1) is 36.3 Å². The molecule has 0 atom stereocenters. The van der Waals surface area contributed by atoms with E-state index in [4.69, 9.17) is 15.0 Å². The predicted molar refractivity (Wildman–Crippen MR) is 129 cm³/mol. The highest BCUT2D eigenvalue weighted by atomic mass is 16.5. The van der Waals surface area contributed by atoms with Crippen LogP contribution in [-0.4, -0.2) is 32.8 Å². The molecule has 8 heteroatoms. The van der Waals surface area contributed by atoms with E-state index in [0.29, 0.717) is 29.3 Å². The first-order valence-corrected chi connectivity index (χ1v) is 10.6. The number of rotatable bonds is 6. The number of methoxy groups -OCH3 is 1. The van der Waals surface area contributed by atoms with E-state index < -0.39 is 0 Å². The first kappa shape index (κ1) is 21.0. The highest BCUT2D eigenvalue weighted by molar-refractivity contribution is 6.04. The third-order valence-electron chi connectivity index (χ3n) is 5.42. The van der Waals surface area contributed by atoms with Crippen molar-refractivity contribution in [2.24, 2.45) is 0 Å². The maximum atomic E-state index is 12.8. The van der Waals surface area contributed by atoms with Gasteiger partial charge in [-0.2, -0.15) is 10.4 Å². The SMILES string of the molecule is COc1ccc(Cn2nc(NC(=O)c3ccc(C#N)cc3)cc2-c2nc3ccccc3[nH]2)cc1. The second-order valence-electron chi connectivity index (χ2n) is 7.67. The smallest absolute Gasteiger partial charge is 0.256 e. The number of anilines is 1. The topological polar surface area (TPSA) is 109 Å². The lowest BCUT2D eigenvalue weighted by Crippen LogP contribution is -2.13. The van der Waals surface area contributed by atoms with Crippen LogP contribution in [0.2, 0.25) is 0 Å². The fourth-order valence-electron chi connectivity index (χ4n) is 3.65. The van der Waals surface area contributed by atoms with Crippen LogP contribution in [0.1, 0.15) is 21.5 Å². The molecule has 166 valence electrons. The van der Waals surface area contributed by atoms with E-state index in [1.54, 1.807) is 42.1 Å². The van der Waals surface area contributed by atoms with Gasteiger partial charge in [0.1, 0.15) is 11.4 Å². The number of ether oxygens (including phenoxy) is 1. The summed E-state index contributed by atoms with van der Waals surface area (Å²) in [6, 6.07) is 25.8. The molecule has 0 aliphatic carbocycles. The molecule has 0 aliphatic heterocycles. The van der Waals surface area contributed by atoms with Crippen LogP contribution in [0.5, 0.6) is 5.75 Å². The second kappa shape index (κ2) is 8.92. The number of amides is 1. The Balaban J connectivity index is 1.48. The zero-order valence-electron chi connectivity index (χ0n) is 18.3. The normalized spacial score (nSPS) is 10.7. The standard InChI is InChI=1S/C26H20N6O2/c1-34-20-12-8-18(9-13-20)16-32-23(25-28-21-4-2-3-5-22(21)29-25)14-24(31-32)30-26(33)19-10-6-17(15-27)7-11-19/h2-14H,16H2,1H3,(H,28,29)(H,30,31,33). The minimum atomic E-state index is -0.310. The lowest BCUT2D eigenvalue weighted by Gasteiger charge is -2.07. The van der Waals surface area contributed by atoms with Gasteiger partial charge in [0.25, 0.3) is 5.91 Å². The van der Waals surface area contributed by atoms with E-state index in [2.05, 4.69) is 15.4 Å². The number of benzene rings is 3. The predicted octanol–water partition coefficient (Wildman–Crippen LogP) is 4.61. The summed E-state index contributed by atoms with van der Waals surface area (Å²) >= 11 is 0. The molecule has 2 heterocycles. The van der Waals surface area contributed by atoms with Crippen molar-refractivity contribution in [3.63, 3.8) is 0 Å². The van der Waals surface area contributed by atoms with E-state index in [1.807, 2.05) is 54.6 Å². The summed E-state index contributed by atoms with van der Waals surface area (Å²) in [6.07, 6.45) is 0. The summed E-state index contributed by atoms with van der Waals surface area (Å²) in [6.45, 7) is 0.475. The number of carbonyl (C=O) groups excluding carboxylic acids is 1. The summed E-state index contributed by atoms with van der Waals surface area (Å²) in [4.78, 5) is 20.8. The summed E-state index contributed by atoms with van der Waals surface area (Å²) in [5.41, 5.74) is 4.45. The molecule has 0 unspecified atom stereocenters. The Kier molecular flexibility index (Phi) is 5.50. The molecule has 2 aromatic heterocycles. The molecular formula is C26H20N6O2. The number of para-hydroxylation sites is 2. The number of hydrogen-bond donors (Lipinski definition) is 2. The average Bonchev–Trinajstić information content (AvgIpc) is 3.48. The van der Waals surface area contributed by atoms with Crippen LogP contribution in [0.15, 0.2) is 78.9 Å². The van der Waals surface area contributed by atoms with Crippen LogP contribution >= 0.6 is 0 Å². The molecule has 0 bridgehead atoms. The number of nitriles is 1. The quantitative estimate of drug-likeness (QED) is 0.394. The van der Waals surface area contributed by atoms with Crippen molar-refractivity contribution in [3.8, 4) is 23.3 Å². The largest absolute Gasteiger partial charge is 0.497 e. The third kappa shape index (κ3) is 4.23. The first-order chi connectivity index (χ1) is 16.6. The molecule has 0 aliphatic rings. The van der Waals surface area contributed by atoms with Gasteiger partial charge in [-0.05, 0) is 54.1 Å². The van der Waals surface area contributed by atoms with E-state index >= 15 is 0 Å². The van der Waals surface area contributed by atoms with Crippen LogP contribution in [0, 0.1) is 11.3 Å². The summed E-state index contributed by atoms with van der Waals surface area (Å²) in [5, 5.41) is 16.5. The van der Waals surface area contributed by atoms with Crippen molar-refractivity contribution in [1.82, 2.24) is 19.7 Å². The van der Waals surface area contributed by atoms with Crippen LogP contribution in [-0.2, 0) is 6.54 Å². The summed E-state index contributed by atoms with van der Waals surface area (Å²) in [7, 11) is 1.63. The molecule has 0 spiro atoms. The highest BCUT2D eigenvalue weighted by Gasteiger charge is 2.16. The van der Waals surface area contributed by atoms with Gasteiger partial charge in [-0.25, -0.2) is 4.98 Å². The number of nitrogens with one attached hydrogen (secondary N) is 2. The van der Waals surface area contributed by atoms with Gasteiger partial charge in [0.2, 0.25) is 0 Å². The van der Waals surface area contributed by atoms with Gasteiger partial charge in [-0.15, -0.1) is 0 Å². The number of H-pyrrole nitrogens is 1. The number of nitrogens with zero attached hydrogens (tertiary/aromatic N) is 4. The number of aromatic nitrogens is 4. The Morgan fingerprint density at radius 3 is 2.56 bits per heavy atom. The van der Waals surface area contributed by atoms with Gasteiger partial charge in [0, 0.05) is 11.6 Å². The molecule has 3 aromatic carbocycles. The third-order valence-corrected chi connectivity index (χ3v) is 5.42. The van der Waals surface area contributed by atoms with Crippen molar-refractivity contribution in [1.29, 1.82) is 5.26 Å². The summed E-state index contributed by atoms with van der Waals surface area (Å²) < 4.78 is 7.05. The Morgan fingerprint density at radius 2 is 1.85 bits per heavy atom. The molecular weight excluding hydrogens is 428 g/mol. The molecule has 2 N–H and O–H groups in total. The molecule has 8 nitrogen and oxygen atoms in total. The molecule has 5 aromatic rings. The molecule has 34 heavy (non-hydrogen) atoms. The van der Waals surface area contributed by atoms with Crippen LogP contribution < -0.4 is 10.1 Å². The number of imidazole rings is 1. The molecule has 0 saturated carbocycles. The lowest BCUT2D eigenvalue weighted by atomic mass is 10.1.